The standard InChI is InChI=1S/C28H26ClNO6/c1-34-21-15-19(16-22(35-2)27(21)36-3)24-23(25(31)18-9-11-20(29)12-10-18)26(32)28(33)30(24)14-13-17-7-5-4-6-8-17/h4-12,15-16,24,31H,13-14H2,1-3H3/b25-23+. The molecule has 1 fully saturated rings. The maximum atomic E-state index is 13.3. The lowest BCUT2D eigenvalue weighted by atomic mass is 9.94. The van der Waals surface area contributed by atoms with E-state index in [9.17, 15) is 14.7 Å². The van der Waals surface area contributed by atoms with Crippen molar-refractivity contribution < 1.29 is 28.9 Å². The second kappa shape index (κ2) is 10.7. The lowest BCUT2D eigenvalue weighted by molar-refractivity contribution is -0.139. The number of ether oxygens (including phenoxy) is 3. The molecule has 1 N–H and O–H groups in total. The van der Waals surface area contributed by atoms with Crippen molar-refractivity contribution in [2.45, 2.75) is 12.5 Å². The van der Waals surface area contributed by atoms with E-state index < -0.39 is 17.7 Å². The molecule has 4 rings (SSSR count). The number of amides is 1. The number of rotatable bonds is 8. The highest BCUT2D eigenvalue weighted by molar-refractivity contribution is 6.46. The van der Waals surface area contributed by atoms with Crippen LogP contribution in [0.2, 0.25) is 5.02 Å². The van der Waals surface area contributed by atoms with Crippen LogP contribution in [0, 0.1) is 0 Å². The van der Waals surface area contributed by atoms with Gasteiger partial charge in [0.05, 0.1) is 32.9 Å². The fraction of sp³-hybridized carbons (Fsp3) is 0.214. The fourth-order valence-electron chi connectivity index (χ4n) is 4.37. The van der Waals surface area contributed by atoms with Gasteiger partial charge >= 0.3 is 0 Å². The summed E-state index contributed by atoms with van der Waals surface area (Å²) in [5, 5.41) is 11.7. The largest absolute Gasteiger partial charge is 0.507 e. The lowest BCUT2D eigenvalue weighted by Crippen LogP contribution is -2.31. The monoisotopic (exact) mass is 507 g/mol. The van der Waals surface area contributed by atoms with Crippen LogP contribution in [0.1, 0.15) is 22.7 Å². The highest BCUT2D eigenvalue weighted by Gasteiger charge is 2.46. The topological polar surface area (TPSA) is 85.3 Å². The van der Waals surface area contributed by atoms with Gasteiger partial charge in [0.15, 0.2) is 11.5 Å². The number of hydrogen-bond donors (Lipinski definition) is 1. The number of halogens is 1. The van der Waals surface area contributed by atoms with Gasteiger partial charge < -0.3 is 24.2 Å². The quantitative estimate of drug-likeness (QED) is 0.261. The van der Waals surface area contributed by atoms with E-state index in [1.165, 1.54) is 26.2 Å². The zero-order valence-corrected chi connectivity index (χ0v) is 20.9. The maximum absolute atomic E-state index is 13.3. The normalized spacial score (nSPS) is 16.8. The highest BCUT2D eigenvalue weighted by atomic mass is 35.5. The second-order valence-corrected chi connectivity index (χ2v) is 8.63. The van der Waals surface area contributed by atoms with E-state index >= 15 is 0 Å². The summed E-state index contributed by atoms with van der Waals surface area (Å²) in [5.74, 6) is -0.637. The lowest BCUT2D eigenvalue weighted by Gasteiger charge is -2.26. The van der Waals surface area contributed by atoms with Gasteiger partial charge in [0.2, 0.25) is 5.75 Å². The molecule has 3 aromatic carbocycles. The molecule has 1 saturated heterocycles. The van der Waals surface area contributed by atoms with Gasteiger partial charge in [-0.1, -0.05) is 41.9 Å². The molecule has 1 aliphatic heterocycles. The van der Waals surface area contributed by atoms with E-state index in [4.69, 9.17) is 25.8 Å². The van der Waals surface area contributed by atoms with Crippen molar-refractivity contribution in [1.29, 1.82) is 0 Å². The van der Waals surface area contributed by atoms with Gasteiger partial charge in [-0.15, -0.1) is 0 Å². The average molecular weight is 508 g/mol. The third kappa shape index (κ3) is 4.75. The van der Waals surface area contributed by atoms with Gasteiger partial charge in [0.1, 0.15) is 5.76 Å². The van der Waals surface area contributed by atoms with Crippen LogP contribution in [0.3, 0.4) is 0 Å². The average Bonchev–Trinajstić information content (AvgIpc) is 3.16. The van der Waals surface area contributed by atoms with Crippen LogP contribution in [0.25, 0.3) is 5.76 Å². The molecule has 1 heterocycles. The van der Waals surface area contributed by atoms with Gasteiger partial charge in [-0.2, -0.15) is 0 Å². The molecule has 7 nitrogen and oxygen atoms in total. The minimum Gasteiger partial charge on any atom is -0.507 e. The first kappa shape index (κ1) is 25.1. The first-order valence-corrected chi connectivity index (χ1v) is 11.7. The summed E-state index contributed by atoms with van der Waals surface area (Å²) in [7, 11) is 4.47. The van der Waals surface area contributed by atoms with E-state index in [1.54, 1.807) is 36.4 Å². The molecule has 3 aromatic rings. The number of carbonyl (C=O) groups excluding carboxylic acids is 2. The fourth-order valence-corrected chi connectivity index (χ4v) is 4.50. The number of aliphatic hydroxyl groups is 1. The summed E-state index contributed by atoms with van der Waals surface area (Å²) >= 11 is 6.00. The van der Waals surface area contributed by atoms with Crippen LogP contribution in [-0.2, 0) is 16.0 Å². The Bertz CT molecular complexity index is 1280. The van der Waals surface area contributed by atoms with Gasteiger partial charge in [0, 0.05) is 17.1 Å². The van der Waals surface area contributed by atoms with Crippen molar-refractivity contribution in [2.75, 3.05) is 27.9 Å². The van der Waals surface area contributed by atoms with Crippen molar-refractivity contribution in [3.8, 4) is 17.2 Å². The van der Waals surface area contributed by atoms with Crippen molar-refractivity contribution in [1.82, 2.24) is 4.90 Å². The second-order valence-electron chi connectivity index (χ2n) is 8.19. The van der Waals surface area contributed by atoms with Gasteiger partial charge in [-0.25, -0.2) is 0 Å². The van der Waals surface area contributed by atoms with E-state index in [-0.39, 0.29) is 17.9 Å². The zero-order valence-electron chi connectivity index (χ0n) is 20.2. The van der Waals surface area contributed by atoms with E-state index in [0.29, 0.717) is 39.8 Å². The minimum absolute atomic E-state index is 0.0235. The Labute approximate surface area is 214 Å². The number of carbonyl (C=O) groups is 2. The molecule has 1 amide bonds. The first-order valence-electron chi connectivity index (χ1n) is 11.3. The Morgan fingerprint density at radius 1 is 0.917 bits per heavy atom. The van der Waals surface area contributed by atoms with Crippen LogP contribution >= 0.6 is 11.6 Å². The molecule has 186 valence electrons. The van der Waals surface area contributed by atoms with Gasteiger partial charge in [0.25, 0.3) is 11.7 Å². The minimum atomic E-state index is -0.877. The Balaban J connectivity index is 1.88. The summed E-state index contributed by atoms with van der Waals surface area (Å²) in [6.45, 7) is 0.257. The molecular formula is C28H26ClNO6. The number of hydrogen-bond acceptors (Lipinski definition) is 6. The third-order valence-corrected chi connectivity index (χ3v) is 6.40. The number of nitrogens with zero attached hydrogens (tertiary/aromatic N) is 1. The molecular weight excluding hydrogens is 482 g/mol. The maximum Gasteiger partial charge on any atom is 0.295 e. The van der Waals surface area contributed by atoms with Gasteiger partial charge in [-0.3, -0.25) is 9.59 Å². The summed E-state index contributed by atoms with van der Waals surface area (Å²) in [6.07, 6.45) is 0.524. The van der Waals surface area contributed by atoms with Crippen LogP contribution < -0.4 is 14.2 Å². The molecule has 0 radical (unpaired) electrons. The number of Topliss-reactive ketones (excluding diaryl/α,β-unsaturated/α-hetero) is 1. The molecule has 0 aliphatic carbocycles. The Morgan fingerprint density at radius 2 is 1.53 bits per heavy atom. The summed E-state index contributed by atoms with van der Waals surface area (Å²) < 4.78 is 16.4. The van der Waals surface area contributed by atoms with Crippen molar-refractivity contribution in [2.24, 2.45) is 0 Å². The van der Waals surface area contributed by atoms with Gasteiger partial charge in [-0.05, 0) is 53.9 Å². The number of aliphatic hydroxyl groups excluding tert-OH is 1. The van der Waals surface area contributed by atoms with Crippen molar-refractivity contribution in [3.63, 3.8) is 0 Å². The molecule has 36 heavy (non-hydrogen) atoms. The number of methoxy groups -OCH3 is 3. The molecule has 1 atom stereocenters. The summed E-state index contributed by atoms with van der Waals surface area (Å²) in [5.41, 5.74) is 1.90. The van der Waals surface area contributed by atoms with Crippen molar-refractivity contribution >= 4 is 29.1 Å². The van der Waals surface area contributed by atoms with Crippen LogP contribution in [0.15, 0.2) is 72.3 Å². The Hall–Kier alpha value is -3.97. The van der Waals surface area contributed by atoms with Crippen molar-refractivity contribution in [3.05, 3.63) is 94.0 Å². The van der Waals surface area contributed by atoms with E-state index in [0.717, 1.165) is 5.56 Å². The van der Waals surface area contributed by atoms with E-state index in [1.807, 2.05) is 30.3 Å². The smallest absolute Gasteiger partial charge is 0.295 e. The number of ketones is 1. The van der Waals surface area contributed by atoms with E-state index in [2.05, 4.69) is 0 Å². The van der Waals surface area contributed by atoms with Crippen LogP contribution in [-0.4, -0.2) is 49.6 Å². The Kier molecular flexibility index (Phi) is 7.50. The number of benzene rings is 3. The van der Waals surface area contributed by atoms with Crippen LogP contribution in [0.5, 0.6) is 17.2 Å². The molecule has 0 spiro atoms. The molecule has 0 saturated carbocycles. The molecule has 8 heteroatoms. The summed E-state index contributed by atoms with van der Waals surface area (Å²) in [4.78, 5) is 28.0. The molecule has 0 bridgehead atoms. The molecule has 1 unspecified atom stereocenters. The molecule has 0 aromatic heterocycles. The number of likely N-dealkylation sites (tertiary alicyclic amines) is 1. The predicted octanol–water partition coefficient (Wildman–Crippen LogP) is 5.03. The first-order chi connectivity index (χ1) is 17.4. The van der Waals surface area contributed by atoms with Crippen LogP contribution in [0.4, 0.5) is 0 Å². The predicted molar refractivity (Wildman–Crippen MR) is 137 cm³/mol. The highest BCUT2D eigenvalue weighted by Crippen LogP contribution is 2.45. The SMILES string of the molecule is COc1cc(C2/C(=C(\O)c3ccc(Cl)cc3)C(=O)C(=O)N2CCc2ccccc2)cc(OC)c1OC. The Morgan fingerprint density at radius 3 is 2.08 bits per heavy atom. The molecule has 1 aliphatic rings. The third-order valence-electron chi connectivity index (χ3n) is 6.14. The zero-order chi connectivity index (χ0) is 25.8. The summed E-state index contributed by atoms with van der Waals surface area (Å²) in [6, 6.07) is 18.6.